The van der Waals surface area contributed by atoms with Crippen molar-refractivity contribution in [2.24, 2.45) is 0 Å². The highest BCUT2D eigenvalue weighted by Crippen LogP contribution is 2.45. The first kappa shape index (κ1) is 74.1. The lowest BCUT2D eigenvalue weighted by Crippen LogP contribution is -2.26. The van der Waals surface area contributed by atoms with E-state index in [1.807, 2.05) is 39.8 Å². The average molecular weight is 1250 g/mol. The molecule has 0 saturated carbocycles. The van der Waals surface area contributed by atoms with Crippen molar-refractivity contribution in [2.45, 2.75) is 268 Å². The van der Waals surface area contributed by atoms with Gasteiger partial charge >= 0.3 is 0 Å². The monoisotopic (exact) mass is 1250 g/mol. The van der Waals surface area contributed by atoms with Gasteiger partial charge in [0.1, 0.15) is 28.7 Å². The van der Waals surface area contributed by atoms with Crippen LogP contribution in [-0.2, 0) is 74.5 Å². The smallest absolute Gasteiger partial charge is 0.219 e. The number of carbonyl (C=O) groups excluding carboxylic acids is 2. The summed E-state index contributed by atoms with van der Waals surface area (Å²) in [5, 5.41) is 55.9. The highest BCUT2D eigenvalue weighted by molar-refractivity contribution is 8.13. The predicted molar refractivity (Wildman–Crippen MR) is 380 cm³/mol. The topological polar surface area (TPSA) is 139 Å². The first-order valence-electron chi connectivity index (χ1n) is 31.7. The van der Waals surface area contributed by atoms with E-state index in [1.54, 1.807) is 24.3 Å². The first-order chi connectivity index (χ1) is 40.2. The zero-order chi connectivity index (χ0) is 68.0. The van der Waals surface area contributed by atoms with Crippen molar-refractivity contribution in [3.05, 3.63) is 179 Å². The van der Waals surface area contributed by atoms with E-state index < -0.39 is 0 Å². The summed E-state index contributed by atoms with van der Waals surface area (Å²) in [5.41, 5.74) is 16.1. The minimum absolute atomic E-state index is 0.0782. The molecule has 0 aliphatic heterocycles. The number of carbonyl (C=O) groups is 2. The first-order valence-corrected chi connectivity index (χ1v) is 33.6. The van der Waals surface area contributed by atoms with Crippen LogP contribution in [-0.4, -0.2) is 40.7 Å². The zero-order valence-corrected chi connectivity index (χ0v) is 61.4. The molecule has 0 radical (unpaired) electrons. The molecule has 0 saturated heterocycles. The van der Waals surface area contributed by atoms with Crippen LogP contribution in [0.5, 0.6) is 28.7 Å². The van der Waals surface area contributed by atoms with Crippen LogP contribution in [0.4, 0.5) is 0 Å². The lowest BCUT2D eigenvalue weighted by molar-refractivity contribution is 0.107. The molecule has 0 bridgehead atoms. The summed E-state index contributed by atoms with van der Waals surface area (Å²) in [6.45, 7) is 61.1. The third-order valence-corrected chi connectivity index (χ3v) is 18.9. The minimum atomic E-state index is -0.231. The molecule has 486 valence electrons. The van der Waals surface area contributed by atoms with Crippen molar-refractivity contribution in [3.8, 4) is 28.7 Å². The second kappa shape index (κ2) is 26.9. The standard InChI is InChI=1S/C45H69NO3.C34H42O4S2/c1-40(2,3)31-19-28(20-32(37(31)47)41(4,5)6)25-46(26-29-21-33(42(7,8)9)38(48)34(22-29)43(10,11)12)27-30-23-35(44(13,14)15)39(49)36(24-30)45(16,17)18;1-19-15-27(33(5,6)7)29(35)21(3)25(19)17-39-31(37)23-11-13-24(14-12-23)32(38)40-18-26-20(2)16-28(34(8,9)10)30(36)22(26)4/h19-24,47-49H,25-27H2,1-18H3;11-16,35-36H,17-18H2,1-10H3. The van der Waals surface area contributed by atoms with Crippen LogP contribution in [0.15, 0.2) is 72.8 Å². The van der Waals surface area contributed by atoms with Crippen molar-refractivity contribution in [1.29, 1.82) is 0 Å². The summed E-state index contributed by atoms with van der Waals surface area (Å²) in [6, 6.07) is 24.0. The van der Waals surface area contributed by atoms with Crippen molar-refractivity contribution < 1.29 is 35.1 Å². The fraction of sp³-hybridized carbons (Fsp3) is 0.519. The largest absolute Gasteiger partial charge is 0.507 e. The molecular formula is C79H111NO7S2. The Morgan fingerprint density at radius 1 is 0.326 bits per heavy atom. The Morgan fingerprint density at radius 3 is 0.708 bits per heavy atom. The van der Waals surface area contributed by atoms with E-state index in [1.165, 1.54) is 23.5 Å². The Labute approximate surface area is 546 Å². The Morgan fingerprint density at radius 2 is 0.517 bits per heavy atom. The van der Waals surface area contributed by atoms with Gasteiger partial charge in [0.2, 0.25) is 10.2 Å². The van der Waals surface area contributed by atoms with E-state index in [4.69, 9.17) is 0 Å². The number of thioether (sulfide) groups is 2. The van der Waals surface area contributed by atoms with E-state index in [0.717, 1.165) is 94.6 Å². The molecule has 0 aliphatic carbocycles. The fourth-order valence-electron chi connectivity index (χ4n) is 11.5. The maximum absolute atomic E-state index is 12.9. The average Bonchev–Trinajstić information content (AvgIpc) is 1.07. The quantitative estimate of drug-likeness (QED) is 0.0805. The van der Waals surface area contributed by atoms with E-state index in [-0.39, 0.29) is 53.6 Å². The Bertz CT molecular complexity index is 3150. The molecule has 6 rings (SSSR count). The van der Waals surface area contributed by atoms with E-state index in [2.05, 4.69) is 207 Å². The molecule has 89 heavy (non-hydrogen) atoms. The summed E-state index contributed by atoms with van der Waals surface area (Å²) < 4.78 is 0. The molecule has 8 nitrogen and oxygen atoms in total. The predicted octanol–water partition coefficient (Wildman–Crippen LogP) is 20.9. The summed E-state index contributed by atoms with van der Waals surface area (Å²) in [4.78, 5) is 28.3. The highest BCUT2D eigenvalue weighted by atomic mass is 32.2. The number of nitrogens with zero attached hydrogens (tertiary/aromatic N) is 1. The summed E-state index contributed by atoms with van der Waals surface area (Å²) >= 11 is 2.40. The van der Waals surface area contributed by atoms with Crippen molar-refractivity contribution in [1.82, 2.24) is 4.90 Å². The van der Waals surface area contributed by atoms with Crippen molar-refractivity contribution in [3.63, 3.8) is 0 Å². The maximum Gasteiger partial charge on any atom is 0.219 e. The lowest BCUT2D eigenvalue weighted by Gasteiger charge is -2.32. The number of phenolic OH excluding ortho intramolecular Hbond substituents is 5. The number of benzene rings is 6. The number of hydrogen-bond acceptors (Lipinski definition) is 10. The Hall–Kier alpha value is -5.68. The second-order valence-corrected chi connectivity index (χ2v) is 35.3. The van der Waals surface area contributed by atoms with Crippen molar-refractivity contribution >= 4 is 33.8 Å². The Kier molecular flexibility index (Phi) is 22.4. The molecule has 0 aliphatic rings. The summed E-state index contributed by atoms with van der Waals surface area (Å²) in [6.07, 6.45) is 0. The molecule has 0 spiro atoms. The van der Waals surface area contributed by atoms with Gasteiger partial charge in [0.25, 0.3) is 0 Å². The zero-order valence-electron chi connectivity index (χ0n) is 59.8. The molecular weight excluding hydrogens is 1140 g/mol. The maximum atomic E-state index is 12.9. The van der Waals surface area contributed by atoms with Gasteiger partial charge in [0.05, 0.1) is 0 Å². The Balaban J connectivity index is 0.000000330. The van der Waals surface area contributed by atoms with Crippen LogP contribution in [0.25, 0.3) is 0 Å². The van der Waals surface area contributed by atoms with Gasteiger partial charge in [0.15, 0.2) is 0 Å². The third kappa shape index (κ3) is 18.3. The molecule has 0 atom stereocenters. The molecule has 6 aromatic carbocycles. The van der Waals surface area contributed by atoms with Crippen LogP contribution in [0.3, 0.4) is 0 Å². The minimum Gasteiger partial charge on any atom is -0.507 e. The molecule has 0 amide bonds. The van der Waals surface area contributed by atoms with Crippen LogP contribution < -0.4 is 0 Å². The molecule has 0 aromatic heterocycles. The van der Waals surface area contributed by atoms with E-state index >= 15 is 0 Å². The van der Waals surface area contributed by atoms with Crippen LogP contribution in [0.1, 0.15) is 281 Å². The molecule has 5 N–H and O–H groups in total. The third-order valence-electron chi connectivity index (χ3n) is 17.0. The second-order valence-electron chi connectivity index (χ2n) is 33.4. The number of phenols is 5. The van der Waals surface area contributed by atoms with Gasteiger partial charge in [-0.2, -0.15) is 0 Å². The SMILES string of the molecule is CC(C)(C)c1cc(CN(Cc2cc(C(C)(C)C)c(O)c(C(C)(C)C)c2)Cc2cc(C(C)(C)C)c(O)c(C(C)(C)C)c2)cc(C(C)(C)C)c1O.Cc1cc(C(C)(C)C)c(O)c(C)c1CSC(=O)c1ccc(C(=O)SCc2c(C)cc(C(C)(C)C)c(O)c2C)cc1. The summed E-state index contributed by atoms with van der Waals surface area (Å²) in [5.74, 6) is 2.69. The van der Waals surface area contributed by atoms with Gasteiger partial charge in [-0.25, -0.2) is 0 Å². The molecule has 6 aromatic rings. The van der Waals surface area contributed by atoms with E-state index in [9.17, 15) is 35.1 Å². The van der Waals surface area contributed by atoms with E-state index in [0.29, 0.717) is 71.0 Å². The van der Waals surface area contributed by atoms with Gasteiger partial charge in [0, 0.05) is 42.3 Å². The normalized spacial score (nSPS) is 13.0. The molecule has 0 unspecified atom stereocenters. The number of aromatic hydroxyl groups is 5. The number of aryl methyl sites for hydroxylation is 2. The van der Waals surface area contributed by atoms with Gasteiger partial charge in [-0.05, 0) is 190 Å². The fourth-order valence-corrected chi connectivity index (χ4v) is 13.6. The molecule has 0 fully saturated rings. The molecule has 0 heterocycles. The number of rotatable bonds is 12. The van der Waals surface area contributed by atoms with Crippen LogP contribution >= 0.6 is 23.5 Å². The highest BCUT2D eigenvalue weighted by Gasteiger charge is 2.32. The van der Waals surface area contributed by atoms with Crippen molar-refractivity contribution in [2.75, 3.05) is 0 Å². The number of hydrogen-bond donors (Lipinski definition) is 5. The van der Waals surface area contributed by atoms with Gasteiger partial charge in [-0.1, -0.05) is 238 Å². The van der Waals surface area contributed by atoms with Crippen LogP contribution in [0, 0.1) is 27.7 Å². The van der Waals surface area contributed by atoms with Gasteiger partial charge in [-0.15, -0.1) is 0 Å². The molecule has 10 heteroatoms. The lowest BCUT2D eigenvalue weighted by atomic mass is 9.78. The summed E-state index contributed by atoms with van der Waals surface area (Å²) in [7, 11) is 0. The van der Waals surface area contributed by atoms with Gasteiger partial charge < -0.3 is 25.5 Å². The van der Waals surface area contributed by atoms with Gasteiger partial charge in [-0.3, -0.25) is 14.5 Å². The van der Waals surface area contributed by atoms with Crippen LogP contribution in [0.2, 0.25) is 0 Å².